The number of hydrogen-bond donors (Lipinski definition) is 1. The molecule has 3 unspecified atom stereocenters. The van der Waals surface area contributed by atoms with Crippen molar-refractivity contribution in [3.05, 3.63) is 0 Å². The van der Waals surface area contributed by atoms with Crippen molar-refractivity contribution in [1.29, 1.82) is 0 Å². The fraction of sp³-hybridized carbons (Fsp3) is 0.923. The molecule has 1 fully saturated rings. The Morgan fingerprint density at radius 3 is 2.74 bits per heavy atom. The van der Waals surface area contributed by atoms with Gasteiger partial charge in [-0.2, -0.15) is 0 Å². The van der Waals surface area contributed by atoms with Crippen molar-refractivity contribution in [3.8, 4) is 0 Å². The van der Waals surface area contributed by atoms with Gasteiger partial charge in [-0.1, -0.05) is 0 Å². The Morgan fingerprint density at radius 1 is 1.42 bits per heavy atom. The van der Waals surface area contributed by atoms with Gasteiger partial charge in [0, 0.05) is 31.8 Å². The van der Waals surface area contributed by atoms with E-state index < -0.39 is 6.10 Å². The molecule has 1 aliphatic rings. The van der Waals surface area contributed by atoms with Crippen molar-refractivity contribution in [3.63, 3.8) is 0 Å². The second-order valence-corrected chi connectivity index (χ2v) is 4.72. The number of nitrogens with zero attached hydrogens (tertiary/aromatic N) is 1. The summed E-state index contributed by atoms with van der Waals surface area (Å²) in [6, 6.07) is 0.544. The van der Waals surface area contributed by atoms with Crippen LogP contribution in [-0.4, -0.2) is 61.9 Å². The molecule has 114 valence electrons. The van der Waals surface area contributed by atoms with Crippen LogP contribution in [0.25, 0.3) is 0 Å². The Labute approximate surface area is 122 Å². The normalized spacial score (nSPS) is 24.7. The van der Waals surface area contributed by atoms with Gasteiger partial charge in [-0.15, -0.1) is 12.4 Å². The van der Waals surface area contributed by atoms with Crippen LogP contribution in [0.3, 0.4) is 0 Å². The molecule has 5 nitrogen and oxygen atoms in total. The maximum atomic E-state index is 12.3. The highest BCUT2D eigenvalue weighted by Gasteiger charge is 2.30. The SMILES string of the molecule is CCOCCOC(C)C(=O)N1CCNC(C)C1C.Cl. The highest BCUT2D eigenvalue weighted by Crippen LogP contribution is 2.11. The van der Waals surface area contributed by atoms with E-state index in [0.717, 1.165) is 13.1 Å². The van der Waals surface area contributed by atoms with E-state index in [9.17, 15) is 4.79 Å². The number of nitrogens with one attached hydrogen (secondary N) is 1. The van der Waals surface area contributed by atoms with Crippen molar-refractivity contribution in [1.82, 2.24) is 10.2 Å². The van der Waals surface area contributed by atoms with E-state index >= 15 is 0 Å². The summed E-state index contributed by atoms with van der Waals surface area (Å²) in [5.41, 5.74) is 0. The summed E-state index contributed by atoms with van der Waals surface area (Å²) in [4.78, 5) is 14.2. The summed E-state index contributed by atoms with van der Waals surface area (Å²) in [5, 5.41) is 3.36. The van der Waals surface area contributed by atoms with Crippen LogP contribution in [0.15, 0.2) is 0 Å². The van der Waals surface area contributed by atoms with E-state index in [4.69, 9.17) is 9.47 Å². The summed E-state index contributed by atoms with van der Waals surface area (Å²) in [7, 11) is 0. The number of carbonyl (C=O) groups is 1. The molecule has 1 rings (SSSR count). The predicted molar refractivity (Wildman–Crippen MR) is 77.8 cm³/mol. The van der Waals surface area contributed by atoms with Gasteiger partial charge in [-0.25, -0.2) is 0 Å². The predicted octanol–water partition coefficient (Wildman–Crippen LogP) is 1.06. The summed E-state index contributed by atoms with van der Waals surface area (Å²) < 4.78 is 10.7. The number of amides is 1. The monoisotopic (exact) mass is 294 g/mol. The number of ether oxygens (including phenoxy) is 2. The van der Waals surface area contributed by atoms with Crippen LogP contribution >= 0.6 is 12.4 Å². The fourth-order valence-electron chi connectivity index (χ4n) is 2.10. The molecule has 0 saturated carbocycles. The van der Waals surface area contributed by atoms with Crippen LogP contribution in [0.5, 0.6) is 0 Å². The molecule has 1 amide bonds. The van der Waals surface area contributed by atoms with Crippen molar-refractivity contribution in [2.45, 2.75) is 45.9 Å². The van der Waals surface area contributed by atoms with Gasteiger partial charge < -0.3 is 19.7 Å². The molecule has 1 saturated heterocycles. The molecule has 1 aliphatic heterocycles. The zero-order valence-corrected chi connectivity index (χ0v) is 13.2. The lowest BCUT2D eigenvalue weighted by Crippen LogP contribution is -2.59. The van der Waals surface area contributed by atoms with Gasteiger partial charge in [0.2, 0.25) is 0 Å². The lowest BCUT2D eigenvalue weighted by atomic mass is 10.1. The van der Waals surface area contributed by atoms with Crippen LogP contribution < -0.4 is 5.32 Å². The Morgan fingerprint density at radius 2 is 2.11 bits per heavy atom. The third-order valence-electron chi connectivity index (χ3n) is 3.46. The number of piperazine rings is 1. The Bertz CT molecular complexity index is 266. The molecular weight excluding hydrogens is 268 g/mol. The van der Waals surface area contributed by atoms with E-state index in [2.05, 4.69) is 19.2 Å². The molecule has 0 aromatic heterocycles. The fourth-order valence-corrected chi connectivity index (χ4v) is 2.10. The van der Waals surface area contributed by atoms with Gasteiger partial charge >= 0.3 is 0 Å². The molecule has 0 aromatic carbocycles. The van der Waals surface area contributed by atoms with E-state index in [-0.39, 0.29) is 24.4 Å². The molecule has 0 spiro atoms. The Balaban J connectivity index is 0.00000324. The molecule has 3 atom stereocenters. The Kier molecular flexibility index (Phi) is 9.35. The maximum absolute atomic E-state index is 12.3. The molecule has 6 heteroatoms. The van der Waals surface area contributed by atoms with Crippen molar-refractivity contribution < 1.29 is 14.3 Å². The standard InChI is InChI=1S/C13H26N2O3.ClH/c1-5-17-8-9-18-12(4)13(16)15-7-6-14-10(2)11(15)3;/h10-12,14H,5-9H2,1-4H3;1H. The molecule has 1 N–H and O–H groups in total. The largest absolute Gasteiger partial charge is 0.379 e. The second kappa shape index (κ2) is 9.53. The van der Waals surface area contributed by atoms with Gasteiger partial charge in [0.05, 0.1) is 13.2 Å². The first-order valence-electron chi connectivity index (χ1n) is 6.81. The summed E-state index contributed by atoms with van der Waals surface area (Å²) in [6.07, 6.45) is -0.391. The van der Waals surface area contributed by atoms with Crippen molar-refractivity contribution in [2.75, 3.05) is 32.9 Å². The molecule has 0 aromatic rings. The van der Waals surface area contributed by atoms with Crippen LogP contribution in [0, 0.1) is 0 Å². The first-order chi connectivity index (χ1) is 8.57. The van der Waals surface area contributed by atoms with Crippen LogP contribution in [0.4, 0.5) is 0 Å². The van der Waals surface area contributed by atoms with E-state index in [0.29, 0.717) is 25.9 Å². The average Bonchev–Trinajstić information content (AvgIpc) is 2.37. The number of hydrogen-bond acceptors (Lipinski definition) is 4. The summed E-state index contributed by atoms with van der Waals surface area (Å²) >= 11 is 0. The van der Waals surface area contributed by atoms with Gasteiger partial charge in [0.1, 0.15) is 6.10 Å². The van der Waals surface area contributed by atoms with Gasteiger partial charge in [0.25, 0.3) is 5.91 Å². The smallest absolute Gasteiger partial charge is 0.251 e. The number of halogens is 1. The van der Waals surface area contributed by atoms with Crippen molar-refractivity contribution >= 4 is 18.3 Å². The van der Waals surface area contributed by atoms with Crippen molar-refractivity contribution in [2.24, 2.45) is 0 Å². The number of carbonyl (C=O) groups excluding carboxylic acids is 1. The van der Waals surface area contributed by atoms with Crippen LogP contribution in [-0.2, 0) is 14.3 Å². The Hall–Kier alpha value is -0.360. The average molecular weight is 295 g/mol. The molecule has 0 aliphatic carbocycles. The zero-order chi connectivity index (χ0) is 13.5. The third kappa shape index (κ3) is 5.65. The van der Waals surface area contributed by atoms with E-state index in [1.807, 2.05) is 18.7 Å². The first kappa shape index (κ1) is 18.6. The maximum Gasteiger partial charge on any atom is 0.251 e. The minimum absolute atomic E-state index is 0. The van der Waals surface area contributed by atoms with Gasteiger partial charge in [-0.3, -0.25) is 4.79 Å². The highest BCUT2D eigenvalue weighted by molar-refractivity contribution is 5.85. The molecule has 0 bridgehead atoms. The molecular formula is C13H27ClN2O3. The topological polar surface area (TPSA) is 50.8 Å². The van der Waals surface area contributed by atoms with Gasteiger partial charge in [0.15, 0.2) is 0 Å². The summed E-state index contributed by atoms with van der Waals surface area (Å²) in [5.74, 6) is 0.0762. The number of rotatable bonds is 6. The molecule has 19 heavy (non-hydrogen) atoms. The molecule has 0 radical (unpaired) electrons. The highest BCUT2D eigenvalue weighted by atomic mass is 35.5. The van der Waals surface area contributed by atoms with E-state index in [1.54, 1.807) is 0 Å². The summed E-state index contributed by atoms with van der Waals surface area (Å²) in [6.45, 7) is 11.2. The van der Waals surface area contributed by atoms with Crippen LogP contribution in [0.2, 0.25) is 0 Å². The quantitative estimate of drug-likeness (QED) is 0.744. The second-order valence-electron chi connectivity index (χ2n) is 4.72. The minimum Gasteiger partial charge on any atom is -0.379 e. The van der Waals surface area contributed by atoms with Crippen LogP contribution in [0.1, 0.15) is 27.7 Å². The lowest BCUT2D eigenvalue weighted by molar-refractivity contribution is -0.147. The van der Waals surface area contributed by atoms with Gasteiger partial charge in [-0.05, 0) is 27.7 Å². The molecule has 1 heterocycles. The minimum atomic E-state index is -0.391. The van der Waals surface area contributed by atoms with E-state index in [1.165, 1.54) is 0 Å². The third-order valence-corrected chi connectivity index (χ3v) is 3.46. The lowest BCUT2D eigenvalue weighted by Gasteiger charge is -2.39. The zero-order valence-electron chi connectivity index (χ0n) is 12.3. The first-order valence-corrected chi connectivity index (χ1v) is 6.81.